The summed E-state index contributed by atoms with van der Waals surface area (Å²) in [6, 6.07) is 19.1. The van der Waals surface area contributed by atoms with Crippen LogP contribution >= 0.6 is 0 Å². The largest absolute Gasteiger partial charge is 0.489 e. The van der Waals surface area contributed by atoms with Gasteiger partial charge in [0.05, 0.1) is 6.26 Å². The predicted molar refractivity (Wildman–Crippen MR) is 126 cm³/mol. The summed E-state index contributed by atoms with van der Waals surface area (Å²) in [6.45, 7) is 8.99. The first kappa shape index (κ1) is 22.6. The number of nitrogens with zero attached hydrogens (tertiary/aromatic N) is 2. The van der Waals surface area contributed by atoms with E-state index in [1.54, 1.807) is 21.9 Å². The number of ether oxygens (including phenoxy) is 1. The monoisotopic (exact) mass is 446 g/mol. The Bertz CT molecular complexity index is 1070. The molecule has 3 aromatic rings. The van der Waals surface area contributed by atoms with E-state index >= 15 is 0 Å². The molecule has 2 aromatic carbocycles. The van der Waals surface area contributed by atoms with Crippen LogP contribution in [-0.4, -0.2) is 47.8 Å². The quantitative estimate of drug-likeness (QED) is 0.567. The minimum absolute atomic E-state index is 0.0228. The molecular weight excluding hydrogens is 416 g/mol. The fourth-order valence-corrected chi connectivity index (χ4v) is 3.81. The van der Waals surface area contributed by atoms with Crippen LogP contribution in [0.5, 0.6) is 5.75 Å². The molecule has 6 nitrogen and oxygen atoms in total. The second-order valence-electron chi connectivity index (χ2n) is 9.32. The minimum atomic E-state index is -0.135. The van der Waals surface area contributed by atoms with Crippen LogP contribution in [0.1, 0.15) is 52.8 Å². The molecule has 0 aliphatic carbocycles. The van der Waals surface area contributed by atoms with Crippen molar-refractivity contribution >= 4 is 11.8 Å². The number of piperazine rings is 1. The average molecular weight is 447 g/mol. The van der Waals surface area contributed by atoms with E-state index in [2.05, 4.69) is 32.9 Å². The number of benzene rings is 2. The Morgan fingerprint density at radius 1 is 0.848 bits per heavy atom. The Morgan fingerprint density at radius 2 is 1.45 bits per heavy atom. The van der Waals surface area contributed by atoms with Gasteiger partial charge in [0.2, 0.25) is 0 Å². The number of hydrogen-bond donors (Lipinski definition) is 0. The lowest BCUT2D eigenvalue weighted by atomic mass is 9.87. The highest BCUT2D eigenvalue weighted by molar-refractivity contribution is 5.95. The van der Waals surface area contributed by atoms with Crippen LogP contribution in [0, 0.1) is 0 Å². The number of rotatable bonds is 5. The van der Waals surface area contributed by atoms with Crippen LogP contribution in [0.3, 0.4) is 0 Å². The van der Waals surface area contributed by atoms with Crippen molar-refractivity contribution < 1.29 is 18.7 Å². The molecule has 0 unspecified atom stereocenters. The predicted octanol–water partition coefficient (Wildman–Crippen LogP) is 4.75. The maximum absolute atomic E-state index is 12.9. The molecule has 1 aliphatic rings. The second kappa shape index (κ2) is 9.53. The van der Waals surface area contributed by atoms with Crippen LogP contribution in [0.4, 0.5) is 0 Å². The molecule has 0 saturated carbocycles. The first-order valence-electron chi connectivity index (χ1n) is 11.3. The summed E-state index contributed by atoms with van der Waals surface area (Å²) in [5.41, 5.74) is 3.02. The molecule has 0 atom stereocenters. The van der Waals surface area contributed by atoms with E-state index in [0.29, 0.717) is 44.1 Å². The maximum atomic E-state index is 12.9. The molecule has 2 amide bonds. The van der Waals surface area contributed by atoms with Crippen LogP contribution in [-0.2, 0) is 12.0 Å². The molecular formula is C27H30N2O4. The van der Waals surface area contributed by atoms with E-state index in [9.17, 15) is 9.59 Å². The molecule has 1 fully saturated rings. The Balaban J connectivity index is 1.28. The third-order valence-electron chi connectivity index (χ3n) is 5.91. The molecule has 0 radical (unpaired) electrons. The van der Waals surface area contributed by atoms with Crippen LogP contribution in [0.2, 0.25) is 0 Å². The van der Waals surface area contributed by atoms with E-state index < -0.39 is 0 Å². The number of amides is 2. The molecule has 1 aliphatic heterocycles. The van der Waals surface area contributed by atoms with E-state index in [1.807, 2.05) is 36.4 Å². The summed E-state index contributed by atoms with van der Waals surface area (Å²) in [5, 5.41) is 0. The molecule has 0 spiro atoms. The molecule has 4 rings (SSSR count). The lowest BCUT2D eigenvalue weighted by Gasteiger charge is -2.34. The van der Waals surface area contributed by atoms with Crippen molar-refractivity contribution in [2.45, 2.75) is 32.8 Å². The standard InChI is InChI=1S/C27H30N2O4/c1-27(2,3)22-10-12-23(13-11-22)33-19-20-6-8-21(9-7-20)25(30)28-14-16-29(17-15-28)26(31)24-5-4-18-32-24/h4-13,18H,14-17,19H2,1-3H3. The number of furan rings is 1. The van der Waals surface area contributed by atoms with Crippen LogP contribution in [0.25, 0.3) is 0 Å². The lowest BCUT2D eigenvalue weighted by molar-refractivity contribution is 0.0518. The van der Waals surface area contributed by atoms with Gasteiger partial charge in [-0.3, -0.25) is 9.59 Å². The summed E-state index contributed by atoms with van der Waals surface area (Å²) >= 11 is 0. The molecule has 6 heteroatoms. The third-order valence-corrected chi connectivity index (χ3v) is 5.91. The van der Waals surface area contributed by atoms with Gasteiger partial charge in [-0.25, -0.2) is 0 Å². The third kappa shape index (κ3) is 5.45. The van der Waals surface area contributed by atoms with Crippen molar-refractivity contribution in [1.29, 1.82) is 0 Å². The molecule has 172 valence electrons. The summed E-state index contributed by atoms with van der Waals surface area (Å²) in [4.78, 5) is 28.8. The summed E-state index contributed by atoms with van der Waals surface area (Å²) in [5.74, 6) is 0.998. The van der Waals surface area contributed by atoms with Gasteiger partial charge in [-0.1, -0.05) is 45.0 Å². The van der Waals surface area contributed by atoms with Gasteiger partial charge < -0.3 is 19.0 Å². The lowest BCUT2D eigenvalue weighted by Crippen LogP contribution is -2.50. The SMILES string of the molecule is CC(C)(C)c1ccc(OCc2ccc(C(=O)N3CCN(C(=O)c4ccco4)CC3)cc2)cc1. The number of hydrogen-bond acceptors (Lipinski definition) is 4. The summed E-state index contributed by atoms with van der Waals surface area (Å²) < 4.78 is 11.1. The normalized spacial score (nSPS) is 14.3. The molecule has 1 saturated heterocycles. The fraction of sp³-hybridized carbons (Fsp3) is 0.333. The maximum Gasteiger partial charge on any atom is 0.289 e. The van der Waals surface area contributed by atoms with Crippen LogP contribution in [0.15, 0.2) is 71.3 Å². The molecule has 2 heterocycles. The zero-order chi connectivity index (χ0) is 23.4. The van der Waals surface area contributed by atoms with Crippen molar-refractivity contribution in [2.24, 2.45) is 0 Å². The molecule has 0 bridgehead atoms. The summed E-state index contributed by atoms with van der Waals surface area (Å²) in [7, 11) is 0. The Morgan fingerprint density at radius 3 is 2.00 bits per heavy atom. The Labute approximate surface area is 194 Å². The van der Waals surface area contributed by atoms with Crippen molar-refractivity contribution in [1.82, 2.24) is 9.80 Å². The molecule has 1 aromatic heterocycles. The van der Waals surface area contributed by atoms with Gasteiger partial charge in [-0.05, 0) is 52.9 Å². The highest BCUT2D eigenvalue weighted by Crippen LogP contribution is 2.24. The van der Waals surface area contributed by atoms with Crippen molar-refractivity contribution in [3.05, 3.63) is 89.4 Å². The van der Waals surface area contributed by atoms with Crippen molar-refractivity contribution in [3.8, 4) is 5.75 Å². The van der Waals surface area contributed by atoms with E-state index in [1.165, 1.54) is 11.8 Å². The number of carbonyl (C=O) groups excluding carboxylic acids is 2. The van der Waals surface area contributed by atoms with Crippen molar-refractivity contribution in [2.75, 3.05) is 26.2 Å². The van der Waals surface area contributed by atoms with Gasteiger partial charge in [0, 0.05) is 31.7 Å². The van der Waals surface area contributed by atoms with E-state index in [-0.39, 0.29) is 17.2 Å². The van der Waals surface area contributed by atoms with Gasteiger partial charge >= 0.3 is 0 Å². The number of carbonyl (C=O) groups is 2. The highest BCUT2D eigenvalue weighted by atomic mass is 16.5. The first-order valence-corrected chi connectivity index (χ1v) is 11.3. The first-order chi connectivity index (χ1) is 15.8. The van der Waals surface area contributed by atoms with Crippen LogP contribution < -0.4 is 4.74 Å². The Kier molecular flexibility index (Phi) is 6.54. The minimum Gasteiger partial charge on any atom is -0.489 e. The fourth-order valence-electron chi connectivity index (χ4n) is 3.81. The van der Waals surface area contributed by atoms with Crippen molar-refractivity contribution in [3.63, 3.8) is 0 Å². The zero-order valence-corrected chi connectivity index (χ0v) is 19.4. The van der Waals surface area contributed by atoms with E-state index in [4.69, 9.17) is 9.15 Å². The highest BCUT2D eigenvalue weighted by Gasteiger charge is 2.26. The van der Waals surface area contributed by atoms with Gasteiger partial charge in [-0.15, -0.1) is 0 Å². The zero-order valence-electron chi connectivity index (χ0n) is 19.4. The molecule has 33 heavy (non-hydrogen) atoms. The summed E-state index contributed by atoms with van der Waals surface area (Å²) in [6.07, 6.45) is 1.49. The smallest absolute Gasteiger partial charge is 0.289 e. The Hall–Kier alpha value is -3.54. The van der Waals surface area contributed by atoms with Gasteiger partial charge in [0.15, 0.2) is 5.76 Å². The average Bonchev–Trinajstić information content (AvgIpc) is 3.37. The van der Waals surface area contributed by atoms with Gasteiger partial charge in [-0.2, -0.15) is 0 Å². The van der Waals surface area contributed by atoms with Gasteiger partial charge in [0.25, 0.3) is 11.8 Å². The second-order valence-corrected chi connectivity index (χ2v) is 9.32. The topological polar surface area (TPSA) is 63.0 Å². The molecule has 0 N–H and O–H groups in total. The van der Waals surface area contributed by atoms with Gasteiger partial charge in [0.1, 0.15) is 12.4 Å². The van der Waals surface area contributed by atoms with E-state index in [0.717, 1.165) is 11.3 Å².